The molecule has 7 nitrogen and oxygen atoms in total. The summed E-state index contributed by atoms with van der Waals surface area (Å²) in [6.45, 7) is 0.835. The summed E-state index contributed by atoms with van der Waals surface area (Å²) in [5, 5.41) is 24.3. The second kappa shape index (κ2) is 6.07. The predicted octanol–water partition coefficient (Wildman–Crippen LogP) is 2.21. The summed E-state index contributed by atoms with van der Waals surface area (Å²) in [4.78, 5) is 14.2. The summed E-state index contributed by atoms with van der Waals surface area (Å²) < 4.78 is 0. The van der Waals surface area contributed by atoms with E-state index in [4.69, 9.17) is 22.4 Å². The van der Waals surface area contributed by atoms with Gasteiger partial charge in [-0.1, -0.05) is 16.7 Å². The quantitative estimate of drug-likeness (QED) is 0.499. The number of rotatable bonds is 4. The van der Waals surface area contributed by atoms with Crippen molar-refractivity contribution in [2.45, 2.75) is 12.5 Å². The fraction of sp³-hybridized carbons (Fsp3) is 0.273. The van der Waals surface area contributed by atoms with Crippen LogP contribution in [0.5, 0.6) is 0 Å². The average Bonchev–Trinajstić information content (AvgIpc) is 2.36. The first-order chi connectivity index (χ1) is 8.90. The molecule has 0 saturated heterocycles. The van der Waals surface area contributed by atoms with Crippen molar-refractivity contribution in [3.63, 3.8) is 0 Å². The molecule has 1 rings (SSSR count). The molecule has 1 aromatic rings. The topological polar surface area (TPSA) is 122 Å². The highest BCUT2D eigenvalue weighted by atomic mass is 35.5. The normalized spacial score (nSPS) is 12.7. The zero-order valence-electron chi connectivity index (χ0n) is 9.96. The average molecular weight is 280 g/mol. The van der Waals surface area contributed by atoms with Gasteiger partial charge in [0.1, 0.15) is 11.7 Å². The van der Waals surface area contributed by atoms with Gasteiger partial charge in [-0.05, 0) is 30.7 Å². The van der Waals surface area contributed by atoms with Crippen molar-refractivity contribution >= 4 is 23.2 Å². The van der Waals surface area contributed by atoms with E-state index < -0.39 is 11.5 Å². The number of amides is 1. The summed E-state index contributed by atoms with van der Waals surface area (Å²) >= 11 is 5.81. The van der Waals surface area contributed by atoms with Crippen LogP contribution in [0.2, 0.25) is 5.02 Å². The first kappa shape index (κ1) is 14.8. The molecule has 0 spiro atoms. The highest BCUT2D eigenvalue weighted by molar-refractivity contribution is 6.32. The maximum atomic E-state index is 11.8. The molecule has 2 N–H and O–H groups in total. The molecule has 98 valence electrons. The third-order valence-electron chi connectivity index (χ3n) is 2.28. The molecular weight excluding hydrogens is 270 g/mol. The van der Waals surface area contributed by atoms with Gasteiger partial charge in [0.15, 0.2) is 0 Å². The number of benzene rings is 1. The van der Waals surface area contributed by atoms with Crippen molar-refractivity contribution in [3.8, 4) is 6.07 Å². The van der Waals surface area contributed by atoms with E-state index in [1.165, 1.54) is 25.1 Å². The Morgan fingerprint density at radius 2 is 2.42 bits per heavy atom. The molecule has 8 heteroatoms. The fourth-order valence-corrected chi connectivity index (χ4v) is 1.41. The van der Waals surface area contributed by atoms with Crippen LogP contribution < -0.4 is 5.32 Å². The van der Waals surface area contributed by atoms with Gasteiger partial charge in [-0.25, -0.2) is 0 Å². The molecule has 0 saturated carbocycles. The standard InChI is InChI=1S/C11H10ClN5O2/c1-11(19,6-15-17-14)10(18)16-8-3-2-7(5-13)9(12)4-8/h2-4,19H,6H2,1H3,(H,16,18). The van der Waals surface area contributed by atoms with Crippen LogP contribution in [0.4, 0.5) is 5.69 Å². The largest absolute Gasteiger partial charge is 0.380 e. The van der Waals surface area contributed by atoms with Gasteiger partial charge in [0.25, 0.3) is 5.91 Å². The van der Waals surface area contributed by atoms with Gasteiger partial charge in [0.2, 0.25) is 0 Å². The molecule has 0 aliphatic rings. The van der Waals surface area contributed by atoms with Crippen molar-refractivity contribution in [1.29, 1.82) is 5.26 Å². The zero-order chi connectivity index (χ0) is 14.5. The minimum atomic E-state index is -1.83. The minimum Gasteiger partial charge on any atom is -0.380 e. The summed E-state index contributed by atoms with van der Waals surface area (Å²) in [6, 6.07) is 6.20. The Labute approximate surface area is 114 Å². The van der Waals surface area contributed by atoms with E-state index in [0.717, 1.165) is 0 Å². The molecule has 19 heavy (non-hydrogen) atoms. The Kier molecular flexibility index (Phi) is 4.73. The number of azide groups is 1. The molecule has 0 aliphatic carbocycles. The van der Waals surface area contributed by atoms with Crippen LogP contribution in [-0.4, -0.2) is 23.2 Å². The Morgan fingerprint density at radius 1 is 1.74 bits per heavy atom. The third-order valence-corrected chi connectivity index (χ3v) is 2.59. The van der Waals surface area contributed by atoms with E-state index >= 15 is 0 Å². The summed E-state index contributed by atoms with van der Waals surface area (Å²) in [5.74, 6) is -0.735. The number of halogens is 1. The number of anilines is 1. The maximum absolute atomic E-state index is 11.8. The van der Waals surface area contributed by atoms with Crippen molar-refractivity contribution in [3.05, 3.63) is 39.2 Å². The first-order valence-corrected chi connectivity index (χ1v) is 5.53. The van der Waals surface area contributed by atoms with Crippen LogP contribution in [0, 0.1) is 11.3 Å². The first-order valence-electron chi connectivity index (χ1n) is 5.15. The number of carbonyl (C=O) groups is 1. The number of hydrogen-bond acceptors (Lipinski definition) is 4. The van der Waals surface area contributed by atoms with Crippen LogP contribution in [0.15, 0.2) is 23.3 Å². The SMILES string of the molecule is CC(O)(CN=[N+]=[N-])C(=O)Nc1ccc(C#N)c(Cl)c1. The molecule has 0 fully saturated rings. The van der Waals surface area contributed by atoms with Gasteiger partial charge in [0, 0.05) is 10.6 Å². The molecule has 1 unspecified atom stereocenters. The van der Waals surface area contributed by atoms with Crippen molar-refractivity contribution in [2.24, 2.45) is 5.11 Å². The van der Waals surface area contributed by atoms with Gasteiger partial charge in [-0.2, -0.15) is 5.26 Å². The smallest absolute Gasteiger partial charge is 0.256 e. The Balaban J connectivity index is 2.85. The van der Waals surface area contributed by atoms with E-state index in [0.29, 0.717) is 5.69 Å². The lowest BCUT2D eigenvalue weighted by Gasteiger charge is -2.20. The summed E-state index contributed by atoms with van der Waals surface area (Å²) in [7, 11) is 0. The molecular formula is C11H10ClN5O2. The molecule has 1 atom stereocenters. The van der Waals surface area contributed by atoms with Gasteiger partial charge in [0.05, 0.1) is 17.1 Å². The molecule has 0 aromatic heterocycles. The monoisotopic (exact) mass is 279 g/mol. The third kappa shape index (κ3) is 3.86. The van der Waals surface area contributed by atoms with Gasteiger partial charge < -0.3 is 10.4 Å². The molecule has 0 bridgehead atoms. The molecule has 0 heterocycles. The Morgan fingerprint density at radius 3 is 2.95 bits per heavy atom. The zero-order valence-corrected chi connectivity index (χ0v) is 10.7. The summed E-state index contributed by atoms with van der Waals surface area (Å²) in [5.41, 5.74) is 6.94. The number of nitrogens with zero attached hydrogens (tertiary/aromatic N) is 4. The van der Waals surface area contributed by atoms with Crippen LogP contribution in [0.1, 0.15) is 12.5 Å². The van der Waals surface area contributed by atoms with E-state index in [1.807, 2.05) is 6.07 Å². The van der Waals surface area contributed by atoms with Crippen LogP contribution in [0.3, 0.4) is 0 Å². The Bertz CT molecular complexity index is 587. The van der Waals surface area contributed by atoms with Crippen molar-refractivity contribution in [1.82, 2.24) is 0 Å². The lowest BCUT2D eigenvalue weighted by Crippen LogP contribution is -2.42. The number of carbonyl (C=O) groups excluding carboxylic acids is 1. The lowest BCUT2D eigenvalue weighted by atomic mass is 10.1. The predicted molar refractivity (Wildman–Crippen MR) is 69.4 cm³/mol. The number of nitrogens with one attached hydrogen (secondary N) is 1. The number of hydrogen-bond donors (Lipinski definition) is 2. The van der Waals surface area contributed by atoms with Gasteiger partial charge in [-0.3, -0.25) is 4.79 Å². The Hall–Kier alpha value is -2.26. The number of aliphatic hydroxyl groups is 1. The maximum Gasteiger partial charge on any atom is 0.256 e. The highest BCUT2D eigenvalue weighted by Gasteiger charge is 2.29. The van der Waals surface area contributed by atoms with Crippen molar-refractivity contribution in [2.75, 3.05) is 11.9 Å². The van der Waals surface area contributed by atoms with Gasteiger partial charge in [-0.15, -0.1) is 0 Å². The highest BCUT2D eigenvalue weighted by Crippen LogP contribution is 2.21. The van der Waals surface area contributed by atoms with E-state index in [9.17, 15) is 9.90 Å². The molecule has 1 amide bonds. The minimum absolute atomic E-state index is 0.190. The molecule has 0 radical (unpaired) electrons. The fourth-order valence-electron chi connectivity index (χ4n) is 1.19. The van der Waals surface area contributed by atoms with E-state index in [-0.39, 0.29) is 17.1 Å². The summed E-state index contributed by atoms with van der Waals surface area (Å²) in [6.07, 6.45) is 0. The van der Waals surface area contributed by atoms with Crippen LogP contribution >= 0.6 is 11.6 Å². The van der Waals surface area contributed by atoms with Crippen LogP contribution in [0.25, 0.3) is 10.4 Å². The van der Waals surface area contributed by atoms with Gasteiger partial charge >= 0.3 is 0 Å². The van der Waals surface area contributed by atoms with E-state index in [1.54, 1.807) is 0 Å². The van der Waals surface area contributed by atoms with E-state index in [2.05, 4.69) is 15.3 Å². The molecule has 1 aromatic carbocycles. The number of nitriles is 1. The van der Waals surface area contributed by atoms with Crippen LogP contribution in [-0.2, 0) is 4.79 Å². The lowest BCUT2D eigenvalue weighted by molar-refractivity contribution is -0.131. The molecule has 0 aliphatic heterocycles. The second-order valence-electron chi connectivity index (χ2n) is 3.92. The second-order valence-corrected chi connectivity index (χ2v) is 4.33. The van der Waals surface area contributed by atoms with Crippen molar-refractivity contribution < 1.29 is 9.90 Å².